The summed E-state index contributed by atoms with van der Waals surface area (Å²) in [6.45, 7) is 4.12. The zero-order valence-electron chi connectivity index (χ0n) is 9.81. The maximum absolute atomic E-state index is 12.0. The Labute approximate surface area is 100 Å². The van der Waals surface area contributed by atoms with Gasteiger partial charge in [-0.25, -0.2) is 0 Å². The molecule has 5 heteroatoms. The van der Waals surface area contributed by atoms with Crippen molar-refractivity contribution in [2.24, 2.45) is 5.92 Å². The number of hydrogen-bond acceptors (Lipinski definition) is 4. The molecule has 0 aromatic heterocycles. The molecule has 1 saturated heterocycles. The van der Waals surface area contributed by atoms with Gasteiger partial charge in [0.05, 0.1) is 12.6 Å². The molecule has 2 unspecified atom stereocenters. The van der Waals surface area contributed by atoms with Crippen molar-refractivity contribution < 1.29 is 14.7 Å². The number of carbonyl (C=O) groups is 2. The number of aliphatic hydroxyl groups excluding tert-OH is 1. The van der Waals surface area contributed by atoms with Gasteiger partial charge in [-0.1, -0.05) is 18.7 Å². The van der Waals surface area contributed by atoms with Crippen LogP contribution in [0.2, 0.25) is 0 Å². The van der Waals surface area contributed by atoms with E-state index in [0.29, 0.717) is 5.75 Å². The minimum Gasteiger partial charge on any atom is -0.394 e. The van der Waals surface area contributed by atoms with E-state index in [9.17, 15) is 9.59 Å². The Bertz CT molecular complexity index is 270. The van der Waals surface area contributed by atoms with Crippen LogP contribution in [0.15, 0.2) is 0 Å². The summed E-state index contributed by atoms with van der Waals surface area (Å²) in [4.78, 5) is 24.6. The topological polar surface area (TPSA) is 57.6 Å². The van der Waals surface area contributed by atoms with Crippen LogP contribution < -0.4 is 0 Å². The molecule has 1 aliphatic rings. The van der Waals surface area contributed by atoms with Crippen LogP contribution in [0.1, 0.15) is 26.7 Å². The van der Waals surface area contributed by atoms with E-state index in [4.69, 9.17) is 5.11 Å². The van der Waals surface area contributed by atoms with E-state index in [2.05, 4.69) is 0 Å². The van der Waals surface area contributed by atoms with Crippen LogP contribution in [-0.4, -0.2) is 46.0 Å². The van der Waals surface area contributed by atoms with Crippen molar-refractivity contribution in [3.63, 3.8) is 0 Å². The summed E-state index contributed by atoms with van der Waals surface area (Å²) in [5.41, 5.74) is 0. The number of aliphatic hydroxyl groups is 1. The van der Waals surface area contributed by atoms with E-state index in [1.165, 1.54) is 18.7 Å². The van der Waals surface area contributed by atoms with Gasteiger partial charge in [-0.2, -0.15) is 0 Å². The molecule has 0 spiro atoms. The first-order valence-corrected chi connectivity index (χ1v) is 6.59. The summed E-state index contributed by atoms with van der Waals surface area (Å²) in [6.07, 6.45) is 1.85. The van der Waals surface area contributed by atoms with Gasteiger partial charge in [-0.3, -0.25) is 9.59 Å². The van der Waals surface area contributed by atoms with E-state index in [1.54, 1.807) is 4.90 Å². The first-order chi connectivity index (χ1) is 7.56. The summed E-state index contributed by atoms with van der Waals surface area (Å²) in [7, 11) is 0. The van der Waals surface area contributed by atoms with Gasteiger partial charge in [0.15, 0.2) is 5.12 Å². The average molecular weight is 245 g/mol. The minimum atomic E-state index is -0.152. The lowest BCUT2D eigenvalue weighted by molar-refractivity contribution is -0.135. The van der Waals surface area contributed by atoms with Crippen molar-refractivity contribution in [1.29, 1.82) is 0 Å². The van der Waals surface area contributed by atoms with Gasteiger partial charge in [0.25, 0.3) is 0 Å². The van der Waals surface area contributed by atoms with Crippen molar-refractivity contribution >= 4 is 22.8 Å². The van der Waals surface area contributed by atoms with Gasteiger partial charge in [0.1, 0.15) is 0 Å². The number of nitrogens with zero attached hydrogens (tertiary/aromatic N) is 1. The highest BCUT2D eigenvalue weighted by Gasteiger charge is 2.30. The van der Waals surface area contributed by atoms with Gasteiger partial charge in [0.2, 0.25) is 5.91 Å². The van der Waals surface area contributed by atoms with Crippen molar-refractivity contribution in [3.8, 4) is 0 Å². The van der Waals surface area contributed by atoms with Crippen LogP contribution in [0.25, 0.3) is 0 Å². The summed E-state index contributed by atoms with van der Waals surface area (Å²) in [6, 6.07) is -0.0164. The molecule has 16 heavy (non-hydrogen) atoms. The van der Waals surface area contributed by atoms with E-state index < -0.39 is 0 Å². The maximum Gasteiger partial charge on any atom is 0.226 e. The van der Waals surface area contributed by atoms with Crippen LogP contribution >= 0.6 is 11.8 Å². The van der Waals surface area contributed by atoms with Crippen LogP contribution in [0, 0.1) is 5.92 Å². The van der Waals surface area contributed by atoms with E-state index in [1.807, 2.05) is 6.92 Å². The lowest BCUT2D eigenvalue weighted by atomic mass is 10.1. The monoisotopic (exact) mass is 245 g/mol. The molecule has 2 atom stereocenters. The summed E-state index contributed by atoms with van der Waals surface area (Å²) in [5, 5.41) is 9.17. The molecule has 0 bridgehead atoms. The fraction of sp³-hybridized carbons (Fsp3) is 0.818. The number of hydrogen-bond donors (Lipinski definition) is 1. The third kappa shape index (κ3) is 3.49. The van der Waals surface area contributed by atoms with Crippen LogP contribution in [-0.2, 0) is 9.59 Å². The molecule has 1 heterocycles. The Kier molecular flexibility index (Phi) is 5.28. The number of thioether (sulfide) groups is 1. The molecular formula is C11H19NO3S. The van der Waals surface area contributed by atoms with Crippen molar-refractivity contribution in [1.82, 2.24) is 4.90 Å². The molecule has 1 amide bonds. The number of amides is 1. The molecule has 0 radical (unpaired) electrons. The highest BCUT2D eigenvalue weighted by atomic mass is 32.2. The second-order valence-corrected chi connectivity index (χ2v) is 5.41. The molecule has 0 aromatic rings. The molecule has 1 rings (SSSR count). The molecule has 4 nitrogen and oxygen atoms in total. The number of likely N-dealkylation sites (tertiary alicyclic amines) is 1. The Morgan fingerprint density at radius 1 is 1.56 bits per heavy atom. The number of carbonyl (C=O) groups excluding carboxylic acids is 2. The van der Waals surface area contributed by atoms with Gasteiger partial charge in [0, 0.05) is 25.1 Å². The standard InChI is InChI=1S/C11H19NO3S/c1-8(7-16-9(2)14)11(15)12-5-3-4-10(12)6-13/h8,10,13H,3-7H2,1-2H3. The van der Waals surface area contributed by atoms with Crippen molar-refractivity contribution in [3.05, 3.63) is 0 Å². The minimum absolute atomic E-state index is 0.0164. The lowest BCUT2D eigenvalue weighted by Gasteiger charge is -2.25. The summed E-state index contributed by atoms with van der Waals surface area (Å²) >= 11 is 1.19. The van der Waals surface area contributed by atoms with E-state index >= 15 is 0 Å². The van der Waals surface area contributed by atoms with Gasteiger partial charge in [-0.05, 0) is 12.8 Å². The van der Waals surface area contributed by atoms with Gasteiger partial charge < -0.3 is 10.0 Å². The maximum atomic E-state index is 12.0. The molecule has 0 aliphatic carbocycles. The Morgan fingerprint density at radius 2 is 2.25 bits per heavy atom. The predicted molar refractivity (Wildman–Crippen MR) is 64.1 cm³/mol. The first-order valence-electron chi connectivity index (χ1n) is 5.61. The van der Waals surface area contributed by atoms with Crippen LogP contribution in [0.5, 0.6) is 0 Å². The van der Waals surface area contributed by atoms with Gasteiger partial charge >= 0.3 is 0 Å². The smallest absolute Gasteiger partial charge is 0.226 e. The third-order valence-electron chi connectivity index (χ3n) is 2.83. The largest absolute Gasteiger partial charge is 0.394 e. The Balaban J connectivity index is 2.46. The molecule has 1 N–H and O–H groups in total. The second-order valence-electron chi connectivity index (χ2n) is 4.21. The van der Waals surface area contributed by atoms with Crippen molar-refractivity contribution in [2.75, 3.05) is 18.9 Å². The fourth-order valence-corrected chi connectivity index (χ4v) is 2.54. The number of rotatable bonds is 4. The fourth-order valence-electron chi connectivity index (χ4n) is 1.91. The summed E-state index contributed by atoms with van der Waals surface area (Å²) < 4.78 is 0. The Hall–Kier alpha value is -0.550. The molecule has 0 aromatic carbocycles. The molecular weight excluding hydrogens is 226 g/mol. The van der Waals surface area contributed by atoms with E-state index in [-0.39, 0.29) is 29.6 Å². The summed E-state index contributed by atoms with van der Waals surface area (Å²) in [5.74, 6) is 0.439. The van der Waals surface area contributed by atoms with E-state index in [0.717, 1.165) is 19.4 Å². The highest BCUT2D eigenvalue weighted by molar-refractivity contribution is 8.13. The quantitative estimate of drug-likeness (QED) is 0.799. The molecule has 1 fully saturated rings. The van der Waals surface area contributed by atoms with Gasteiger partial charge in [-0.15, -0.1) is 0 Å². The first kappa shape index (κ1) is 13.5. The zero-order valence-corrected chi connectivity index (χ0v) is 10.6. The lowest BCUT2D eigenvalue weighted by Crippen LogP contribution is -2.41. The molecule has 0 saturated carbocycles. The molecule has 92 valence electrons. The van der Waals surface area contributed by atoms with Crippen molar-refractivity contribution in [2.45, 2.75) is 32.7 Å². The van der Waals surface area contributed by atoms with Crippen LogP contribution in [0.4, 0.5) is 0 Å². The molecule has 1 aliphatic heterocycles. The second kappa shape index (κ2) is 6.25. The SMILES string of the molecule is CC(=O)SCC(C)C(=O)N1CCCC1CO. The predicted octanol–water partition coefficient (Wildman–Crippen LogP) is 0.885. The normalized spacial score (nSPS) is 22.2. The van der Waals surface area contributed by atoms with Crippen LogP contribution in [0.3, 0.4) is 0 Å². The highest BCUT2D eigenvalue weighted by Crippen LogP contribution is 2.21. The zero-order chi connectivity index (χ0) is 12.1. The Morgan fingerprint density at radius 3 is 2.81 bits per heavy atom. The average Bonchev–Trinajstić information content (AvgIpc) is 2.72. The third-order valence-corrected chi connectivity index (χ3v) is 3.90.